The summed E-state index contributed by atoms with van der Waals surface area (Å²) in [5.74, 6) is 0. The van der Waals surface area contributed by atoms with Gasteiger partial charge in [-0.1, -0.05) is 24.3 Å². The first kappa shape index (κ1) is 12.9. The number of hydrogen-bond donors (Lipinski definition) is 1. The molecule has 4 nitrogen and oxygen atoms in total. The Morgan fingerprint density at radius 2 is 1.70 bits per heavy atom. The van der Waals surface area contributed by atoms with Crippen molar-refractivity contribution in [1.29, 1.82) is 5.26 Å². The molecule has 1 aliphatic rings. The van der Waals surface area contributed by atoms with Crippen LogP contribution in [0.1, 0.15) is 5.56 Å². The van der Waals surface area contributed by atoms with Crippen LogP contribution in [0.5, 0.6) is 0 Å². The van der Waals surface area contributed by atoms with Crippen molar-refractivity contribution >= 4 is 16.5 Å². The van der Waals surface area contributed by atoms with Gasteiger partial charge < -0.3 is 10.3 Å². The zero-order valence-electron chi connectivity index (χ0n) is 11.6. The number of hydrazine groups is 1. The maximum absolute atomic E-state index is 9.19. The second-order valence-electron chi connectivity index (χ2n) is 5.22. The third-order valence-corrected chi connectivity index (χ3v) is 3.83. The molecule has 102 valence electrons. The second-order valence-corrected chi connectivity index (χ2v) is 5.22. The largest absolute Gasteiger partial charge is 0.318 e. The number of nitriles is 1. The van der Waals surface area contributed by atoms with Gasteiger partial charge in [0.05, 0.1) is 17.3 Å². The highest BCUT2D eigenvalue weighted by molar-refractivity contribution is 5.97. The highest BCUT2D eigenvalue weighted by Crippen LogP contribution is 2.26. The SMILES string of the molecule is CN1CCN(Nc2ccc(C#N)c3ccccc23)CC1. The van der Waals surface area contributed by atoms with Crippen molar-refractivity contribution < 1.29 is 0 Å². The Morgan fingerprint density at radius 1 is 1.00 bits per heavy atom. The fourth-order valence-corrected chi connectivity index (χ4v) is 2.58. The molecule has 0 unspecified atom stereocenters. The van der Waals surface area contributed by atoms with Gasteiger partial charge in [0.15, 0.2) is 0 Å². The summed E-state index contributed by atoms with van der Waals surface area (Å²) < 4.78 is 0. The van der Waals surface area contributed by atoms with Crippen molar-refractivity contribution in [2.45, 2.75) is 0 Å². The fourth-order valence-electron chi connectivity index (χ4n) is 2.58. The molecule has 0 radical (unpaired) electrons. The fraction of sp³-hybridized carbons (Fsp3) is 0.312. The molecular weight excluding hydrogens is 248 g/mol. The zero-order valence-corrected chi connectivity index (χ0v) is 11.6. The maximum Gasteiger partial charge on any atom is 0.0998 e. The first-order valence-corrected chi connectivity index (χ1v) is 6.90. The van der Waals surface area contributed by atoms with E-state index in [0.29, 0.717) is 0 Å². The van der Waals surface area contributed by atoms with Crippen LogP contribution < -0.4 is 5.43 Å². The minimum atomic E-state index is 0.726. The van der Waals surface area contributed by atoms with Gasteiger partial charge in [0.1, 0.15) is 0 Å². The van der Waals surface area contributed by atoms with Crippen molar-refractivity contribution in [3.05, 3.63) is 42.0 Å². The summed E-state index contributed by atoms with van der Waals surface area (Å²) in [6.45, 7) is 4.15. The molecule has 20 heavy (non-hydrogen) atoms. The number of benzene rings is 2. The number of fused-ring (bicyclic) bond motifs is 1. The molecule has 0 aliphatic carbocycles. The molecular formula is C16H18N4. The molecule has 1 saturated heterocycles. The summed E-state index contributed by atoms with van der Waals surface area (Å²) in [4.78, 5) is 2.33. The summed E-state index contributed by atoms with van der Waals surface area (Å²) in [7, 11) is 2.15. The van der Waals surface area contributed by atoms with E-state index in [9.17, 15) is 5.26 Å². The van der Waals surface area contributed by atoms with Crippen molar-refractivity contribution in [3.63, 3.8) is 0 Å². The van der Waals surface area contributed by atoms with Gasteiger partial charge in [0.25, 0.3) is 0 Å². The predicted molar refractivity (Wildman–Crippen MR) is 81.4 cm³/mol. The molecule has 1 N–H and O–H groups in total. The van der Waals surface area contributed by atoms with E-state index in [2.05, 4.69) is 34.5 Å². The number of piperazine rings is 1. The van der Waals surface area contributed by atoms with E-state index in [1.54, 1.807) is 0 Å². The summed E-state index contributed by atoms with van der Waals surface area (Å²) in [5, 5.41) is 13.5. The van der Waals surface area contributed by atoms with E-state index in [4.69, 9.17) is 0 Å². The van der Waals surface area contributed by atoms with Crippen LogP contribution in [0, 0.1) is 11.3 Å². The van der Waals surface area contributed by atoms with Crippen LogP contribution in [0.3, 0.4) is 0 Å². The van der Waals surface area contributed by atoms with Crippen molar-refractivity contribution in [3.8, 4) is 6.07 Å². The van der Waals surface area contributed by atoms with E-state index in [1.807, 2.05) is 30.3 Å². The highest BCUT2D eigenvalue weighted by atomic mass is 15.5. The molecule has 2 aromatic rings. The quantitative estimate of drug-likeness (QED) is 0.905. The first-order chi connectivity index (χ1) is 9.78. The van der Waals surface area contributed by atoms with Crippen LogP contribution in [0.2, 0.25) is 0 Å². The van der Waals surface area contributed by atoms with Crippen LogP contribution in [0.15, 0.2) is 36.4 Å². The lowest BCUT2D eigenvalue weighted by molar-refractivity contribution is 0.179. The van der Waals surface area contributed by atoms with Crippen molar-refractivity contribution in [2.24, 2.45) is 0 Å². The lowest BCUT2D eigenvalue weighted by Crippen LogP contribution is -2.46. The van der Waals surface area contributed by atoms with E-state index in [0.717, 1.165) is 48.2 Å². The molecule has 0 spiro atoms. The monoisotopic (exact) mass is 266 g/mol. The van der Waals surface area contributed by atoms with Gasteiger partial charge in [0.2, 0.25) is 0 Å². The summed E-state index contributed by atoms with van der Waals surface area (Å²) in [6.07, 6.45) is 0. The maximum atomic E-state index is 9.19. The molecule has 1 aliphatic heterocycles. The van der Waals surface area contributed by atoms with E-state index < -0.39 is 0 Å². The summed E-state index contributed by atoms with van der Waals surface area (Å²) in [5.41, 5.74) is 5.29. The Balaban J connectivity index is 1.91. The summed E-state index contributed by atoms with van der Waals surface area (Å²) in [6, 6.07) is 14.2. The van der Waals surface area contributed by atoms with Gasteiger partial charge in [-0.15, -0.1) is 0 Å². The third-order valence-electron chi connectivity index (χ3n) is 3.83. The molecule has 0 atom stereocenters. The van der Waals surface area contributed by atoms with Crippen LogP contribution >= 0.6 is 0 Å². The molecule has 3 rings (SSSR count). The average Bonchev–Trinajstić information content (AvgIpc) is 2.50. The number of rotatable bonds is 2. The normalized spacial score (nSPS) is 17.0. The molecule has 0 bridgehead atoms. The highest BCUT2D eigenvalue weighted by Gasteiger charge is 2.14. The smallest absolute Gasteiger partial charge is 0.0998 e. The minimum Gasteiger partial charge on any atom is -0.318 e. The Hall–Kier alpha value is -2.09. The van der Waals surface area contributed by atoms with Gasteiger partial charge >= 0.3 is 0 Å². The van der Waals surface area contributed by atoms with E-state index in [1.165, 1.54) is 0 Å². The molecule has 4 heteroatoms. The molecule has 2 aromatic carbocycles. The van der Waals surface area contributed by atoms with E-state index in [-0.39, 0.29) is 0 Å². The van der Waals surface area contributed by atoms with Crippen LogP contribution in [-0.4, -0.2) is 43.1 Å². The standard InChI is InChI=1S/C16H18N4/c1-19-8-10-20(11-9-19)18-16-7-6-13(12-17)14-4-2-3-5-15(14)16/h2-7,18H,8-11H2,1H3. The summed E-state index contributed by atoms with van der Waals surface area (Å²) >= 11 is 0. The van der Waals surface area contributed by atoms with Gasteiger partial charge in [-0.3, -0.25) is 0 Å². The van der Waals surface area contributed by atoms with Gasteiger partial charge in [-0.2, -0.15) is 5.26 Å². The van der Waals surface area contributed by atoms with Crippen molar-refractivity contribution in [2.75, 3.05) is 38.7 Å². The zero-order chi connectivity index (χ0) is 13.9. The van der Waals surface area contributed by atoms with Crippen LogP contribution in [-0.2, 0) is 0 Å². The number of nitrogens with zero attached hydrogens (tertiary/aromatic N) is 3. The molecule has 0 saturated carbocycles. The van der Waals surface area contributed by atoms with Crippen LogP contribution in [0.4, 0.5) is 5.69 Å². The first-order valence-electron chi connectivity index (χ1n) is 6.90. The molecule has 1 heterocycles. The topological polar surface area (TPSA) is 42.3 Å². The number of likely N-dealkylation sites (N-methyl/N-ethyl adjacent to an activating group) is 1. The lowest BCUT2D eigenvalue weighted by atomic mass is 10.0. The molecule has 0 aromatic heterocycles. The number of anilines is 1. The number of nitrogens with one attached hydrogen (secondary N) is 1. The van der Waals surface area contributed by atoms with E-state index >= 15 is 0 Å². The third kappa shape index (κ3) is 2.46. The second kappa shape index (κ2) is 5.49. The number of hydrogen-bond acceptors (Lipinski definition) is 4. The van der Waals surface area contributed by atoms with Gasteiger partial charge in [-0.05, 0) is 19.2 Å². The lowest BCUT2D eigenvalue weighted by Gasteiger charge is -2.33. The minimum absolute atomic E-state index is 0.726. The average molecular weight is 266 g/mol. The Bertz CT molecular complexity index is 651. The Labute approximate surface area is 119 Å². The van der Waals surface area contributed by atoms with Crippen molar-refractivity contribution in [1.82, 2.24) is 9.91 Å². The van der Waals surface area contributed by atoms with Gasteiger partial charge in [0, 0.05) is 37.0 Å². The molecule has 0 amide bonds. The predicted octanol–water partition coefficient (Wildman–Crippen LogP) is 2.29. The Morgan fingerprint density at radius 3 is 2.40 bits per heavy atom. The Kier molecular flexibility index (Phi) is 3.55. The van der Waals surface area contributed by atoms with Crippen LogP contribution in [0.25, 0.3) is 10.8 Å². The molecule has 1 fully saturated rings. The van der Waals surface area contributed by atoms with Gasteiger partial charge in [-0.25, -0.2) is 5.01 Å².